The van der Waals surface area contributed by atoms with Crippen LogP contribution in [0.15, 0.2) is 5.11 Å². The SMILES string of the molecule is CC(=O)OC(N=N)C(=O)O. The van der Waals surface area contributed by atoms with Crippen LogP contribution < -0.4 is 0 Å². The molecule has 0 amide bonds. The molecule has 0 aliphatic heterocycles. The Bertz CT molecular complexity index is 167. The van der Waals surface area contributed by atoms with Crippen LogP contribution in [-0.2, 0) is 14.3 Å². The number of hydrogen-bond acceptors (Lipinski definition) is 5. The maximum absolute atomic E-state index is 10.1. The van der Waals surface area contributed by atoms with E-state index < -0.39 is 18.2 Å². The van der Waals surface area contributed by atoms with E-state index in [0.717, 1.165) is 6.92 Å². The number of ether oxygens (including phenoxy) is 1. The summed E-state index contributed by atoms with van der Waals surface area (Å²) in [6.45, 7) is 1.04. The molecule has 56 valence electrons. The fourth-order valence-corrected chi connectivity index (χ4v) is 0.289. The summed E-state index contributed by atoms with van der Waals surface area (Å²) in [6.07, 6.45) is -1.70. The molecule has 0 aromatic heterocycles. The van der Waals surface area contributed by atoms with Crippen molar-refractivity contribution in [1.82, 2.24) is 0 Å². The van der Waals surface area contributed by atoms with Gasteiger partial charge in [-0.2, -0.15) is 0 Å². The molecule has 0 saturated carbocycles. The Balaban J connectivity index is 3.96. The zero-order valence-electron chi connectivity index (χ0n) is 5.20. The van der Waals surface area contributed by atoms with Gasteiger partial charge >= 0.3 is 18.2 Å². The van der Waals surface area contributed by atoms with E-state index in [0.29, 0.717) is 0 Å². The smallest absolute Gasteiger partial charge is 0.370 e. The first-order chi connectivity index (χ1) is 4.57. The van der Waals surface area contributed by atoms with Crippen LogP contribution in [0.25, 0.3) is 0 Å². The number of esters is 1. The van der Waals surface area contributed by atoms with Crippen LogP contribution in [0.3, 0.4) is 0 Å². The number of nitrogens with one attached hydrogen (secondary N) is 1. The van der Waals surface area contributed by atoms with Crippen molar-refractivity contribution in [3.05, 3.63) is 0 Å². The molecule has 0 spiro atoms. The molecule has 0 saturated heterocycles. The lowest BCUT2D eigenvalue weighted by Crippen LogP contribution is -2.22. The van der Waals surface area contributed by atoms with Gasteiger partial charge in [-0.25, -0.2) is 10.3 Å². The van der Waals surface area contributed by atoms with Gasteiger partial charge in [0.15, 0.2) is 0 Å². The molecule has 0 aromatic carbocycles. The molecular formula is C4H6N2O4. The number of carboxylic acids is 1. The molecule has 1 atom stereocenters. The molecule has 0 aliphatic carbocycles. The van der Waals surface area contributed by atoms with E-state index in [4.69, 9.17) is 10.6 Å². The van der Waals surface area contributed by atoms with E-state index in [1.807, 2.05) is 0 Å². The second-order valence-electron chi connectivity index (χ2n) is 1.43. The summed E-state index contributed by atoms with van der Waals surface area (Å²) in [6, 6.07) is 0. The normalized spacial score (nSPS) is 11.7. The number of nitrogens with zero attached hydrogens (tertiary/aromatic N) is 1. The Morgan fingerprint density at radius 1 is 1.70 bits per heavy atom. The van der Waals surface area contributed by atoms with E-state index in [-0.39, 0.29) is 0 Å². The average molecular weight is 146 g/mol. The highest BCUT2D eigenvalue weighted by molar-refractivity contribution is 5.76. The lowest BCUT2D eigenvalue weighted by atomic mass is 10.6. The molecular weight excluding hydrogens is 140 g/mol. The molecule has 0 fully saturated rings. The number of aliphatic carboxylic acids is 1. The lowest BCUT2D eigenvalue weighted by Gasteiger charge is -2.03. The third-order valence-corrected chi connectivity index (χ3v) is 0.606. The van der Waals surface area contributed by atoms with Gasteiger partial charge in [0.2, 0.25) is 0 Å². The van der Waals surface area contributed by atoms with Crippen LogP contribution in [0, 0.1) is 5.53 Å². The predicted octanol–water partition coefficient (Wildman–Crippen LogP) is -0.00883. The van der Waals surface area contributed by atoms with Gasteiger partial charge in [-0.15, -0.1) is 5.11 Å². The average Bonchev–Trinajstić information content (AvgIpc) is 1.81. The Kier molecular flexibility index (Phi) is 3.03. The van der Waals surface area contributed by atoms with E-state index in [1.54, 1.807) is 0 Å². The van der Waals surface area contributed by atoms with Gasteiger partial charge < -0.3 is 9.84 Å². The van der Waals surface area contributed by atoms with Crippen molar-refractivity contribution in [3.63, 3.8) is 0 Å². The van der Waals surface area contributed by atoms with Crippen molar-refractivity contribution in [2.75, 3.05) is 0 Å². The molecule has 6 heteroatoms. The molecule has 10 heavy (non-hydrogen) atoms. The minimum absolute atomic E-state index is 0.775. The quantitative estimate of drug-likeness (QED) is 0.432. The highest BCUT2D eigenvalue weighted by Crippen LogP contribution is 1.93. The Hall–Kier alpha value is -1.46. The summed E-state index contributed by atoms with van der Waals surface area (Å²) in [5.41, 5.74) is 6.25. The highest BCUT2D eigenvalue weighted by Gasteiger charge is 2.18. The summed E-state index contributed by atoms with van der Waals surface area (Å²) in [7, 11) is 0. The van der Waals surface area contributed by atoms with Crippen LogP contribution in [-0.4, -0.2) is 23.3 Å². The first-order valence-electron chi connectivity index (χ1n) is 2.34. The molecule has 1 unspecified atom stereocenters. The molecule has 0 aromatic rings. The minimum Gasteiger partial charge on any atom is -0.477 e. The van der Waals surface area contributed by atoms with Crippen molar-refractivity contribution in [1.29, 1.82) is 5.53 Å². The second kappa shape index (κ2) is 3.54. The van der Waals surface area contributed by atoms with Gasteiger partial charge in [0.05, 0.1) is 0 Å². The zero-order chi connectivity index (χ0) is 8.15. The molecule has 0 bridgehead atoms. The highest BCUT2D eigenvalue weighted by atomic mass is 16.6. The molecule has 0 aliphatic rings. The largest absolute Gasteiger partial charge is 0.477 e. The van der Waals surface area contributed by atoms with Crippen LogP contribution in [0.4, 0.5) is 0 Å². The second-order valence-corrected chi connectivity index (χ2v) is 1.43. The summed E-state index contributed by atoms with van der Waals surface area (Å²) in [5.74, 6) is -2.23. The standard InChI is InChI=1S/C4H6N2O4/c1-2(7)10-3(6-5)4(8)9/h3,5H,1H3,(H,8,9). The topological polar surface area (TPSA) is 99.8 Å². The number of carboxylic acid groups (broad SMARTS) is 1. The maximum Gasteiger partial charge on any atom is 0.370 e. The third kappa shape index (κ3) is 2.75. The van der Waals surface area contributed by atoms with Crippen molar-refractivity contribution in [2.45, 2.75) is 13.2 Å². The third-order valence-electron chi connectivity index (χ3n) is 0.606. The Morgan fingerprint density at radius 2 is 2.20 bits per heavy atom. The summed E-state index contributed by atoms with van der Waals surface area (Å²) in [5, 5.41) is 10.7. The Labute approximate surface area is 56.3 Å². The monoisotopic (exact) mass is 146 g/mol. The van der Waals surface area contributed by atoms with Gasteiger partial charge in [-0.3, -0.25) is 4.79 Å². The summed E-state index contributed by atoms with van der Waals surface area (Å²) >= 11 is 0. The van der Waals surface area contributed by atoms with Crippen LogP contribution in [0.5, 0.6) is 0 Å². The summed E-state index contributed by atoms with van der Waals surface area (Å²) < 4.78 is 4.07. The zero-order valence-corrected chi connectivity index (χ0v) is 5.20. The van der Waals surface area contributed by atoms with Crippen LogP contribution in [0.2, 0.25) is 0 Å². The fraction of sp³-hybridized carbons (Fsp3) is 0.500. The summed E-state index contributed by atoms with van der Waals surface area (Å²) in [4.78, 5) is 20.1. The van der Waals surface area contributed by atoms with Gasteiger partial charge in [-0.05, 0) is 0 Å². The first-order valence-corrected chi connectivity index (χ1v) is 2.34. The first kappa shape index (κ1) is 8.54. The molecule has 6 nitrogen and oxygen atoms in total. The molecule has 2 N–H and O–H groups in total. The van der Waals surface area contributed by atoms with E-state index >= 15 is 0 Å². The Morgan fingerprint density at radius 3 is 2.30 bits per heavy atom. The minimum atomic E-state index is -1.70. The number of hydrogen-bond donors (Lipinski definition) is 2. The van der Waals surface area contributed by atoms with Crippen molar-refractivity contribution < 1.29 is 19.4 Å². The molecule has 0 rings (SSSR count). The van der Waals surface area contributed by atoms with Crippen molar-refractivity contribution >= 4 is 11.9 Å². The number of rotatable bonds is 3. The van der Waals surface area contributed by atoms with Crippen molar-refractivity contribution in [2.24, 2.45) is 5.11 Å². The number of carbonyl (C=O) groups excluding carboxylic acids is 1. The lowest BCUT2D eigenvalue weighted by molar-refractivity contribution is -0.162. The van der Waals surface area contributed by atoms with Crippen LogP contribution in [0.1, 0.15) is 6.92 Å². The fourth-order valence-electron chi connectivity index (χ4n) is 0.289. The van der Waals surface area contributed by atoms with Crippen LogP contribution >= 0.6 is 0 Å². The molecule has 0 radical (unpaired) electrons. The van der Waals surface area contributed by atoms with Gasteiger partial charge in [0, 0.05) is 6.92 Å². The van der Waals surface area contributed by atoms with Gasteiger partial charge in [0.1, 0.15) is 0 Å². The molecule has 0 heterocycles. The van der Waals surface area contributed by atoms with E-state index in [9.17, 15) is 9.59 Å². The van der Waals surface area contributed by atoms with E-state index in [2.05, 4.69) is 9.85 Å². The van der Waals surface area contributed by atoms with Gasteiger partial charge in [-0.1, -0.05) is 0 Å². The van der Waals surface area contributed by atoms with Gasteiger partial charge in [0.25, 0.3) is 0 Å². The number of carbonyl (C=O) groups is 2. The van der Waals surface area contributed by atoms with Crippen molar-refractivity contribution in [3.8, 4) is 0 Å². The predicted molar refractivity (Wildman–Crippen MR) is 28.3 cm³/mol. The maximum atomic E-state index is 10.1. The van der Waals surface area contributed by atoms with E-state index in [1.165, 1.54) is 0 Å².